The molecule has 0 aliphatic carbocycles. The Labute approximate surface area is 110 Å². The summed E-state index contributed by atoms with van der Waals surface area (Å²) < 4.78 is 39.7. The normalized spacial score (nSPS) is 11.3. The van der Waals surface area contributed by atoms with Crippen LogP contribution in [-0.4, -0.2) is 13.4 Å². The summed E-state index contributed by atoms with van der Waals surface area (Å²) in [6.07, 6.45) is 1.55. The highest BCUT2D eigenvalue weighted by Crippen LogP contribution is 2.20. The molecule has 100 valence electrons. The van der Waals surface area contributed by atoms with Crippen LogP contribution in [-0.2, 0) is 10.0 Å². The van der Waals surface area contributed by atoms with E-state index in [0.717, 1.165) is 12.1 Å². The minimum absolute atomic E-state index is 0.0447. The molecule has 0 aliphatic rings. The molecule has 19 heavy (non-hydrogen) atoms. The van der Waals surface area contributed by atoms with E-state index in [4.69, 9.17) is 5.73 Å². The van der Waals surface area contributed by atoms with Crippen LogP contribution in [0, 0.1) is 12.7 Å². The van der Waals surface area contributed by atoms with Gasteiger partial charge in [-0.1, -0.05) is 0 Å². The third-order valence-corrected chi connectivity index (χ3v) is 3.80. The monoisotopic (exact) mass is 281 g/mol. The molecule has 0 radical (unpaired) electrons. The average molecular weight is 281 g/mol. The van der Waals surface area contributed by atoms with E-state index in [0.29, 0.717) is 11.4 Å². The summed E-state index contributed by atoms with van der Waals surface area (Å²) in [5, 5.41) is 0. The first-order chi connectivity index (χ1) is 8.88. The fraction of sp³-hybridized carbons (Fsp3) is 0.0833. The molecule has 0 spiro atoms. The second-order valence-corrected chi connectivity index (χ2v) is 5.64. The van der Waals surface area contributed by atoms with E-state index in [1.54, 1.807) is 25.3 Å². The van der Waals surface area contributed by atoms with Crippen LogP contribution in [0.1, 0.15) is 5.69 Å². The van der Waals surface area contributed by atoms with Gasteiger partial charge in [-0.05, 0) is 37.3 Å². The summed E-state index contributed by atoms with van der Waals surface area (Å²) >= 11 is 0. The van der Waals surface area contributed by atoms with Crippen LogP contribution in [0.5, 0.6) is 0 Å². The van der Waals surface area contributed by atoms with Crippen molar-refractivity contribution in [3.63, 3.8) is 0 Å². The number of rotatable bonds is 3. The lowest BCUT2D eigenvalue weighted by atomic mass is 10.3. The standard InChI is InChI=1S/C12H12FN3O2S/c1-8-12(3-2-4-15-8)16-19(17,18)11-6-9(13)5-10(14)7-11/h2-7,16H,14H2,1H3. The number of aryl methyl sites for hydroxylation is 1. The molecular weight excluding hydrogens is 269 g/mol. The highest BCUT2D eigenvalue weighted by molar-refractivity contribution is 7.92. The highest BCUT2D eigenvalue weighted by atomic mass is 32.2. The van der Waals surface area contributed by atoms with Gasteiger partial charge in [0.15, 0.2) is 0 Å². The molecule has 0 unspecified atom stereocenters. The maximum absolute atomic E-state index is 13.2. The Hall–Kier alpha value is -2.15. The van der Waals surface area contributed by atoms with Gasteiger partial charge in [0.2, 0.25) is 0 Å². The lowest BCUT2D eigenvalue weighted by molar-refractivity contribution is 0.595. The molecule has 0 bridgehead atoms. The molecule has 2 rings (SSSR count). The van der Waals surface area contributed by atoms with Crippen LogP contribution in [0.25, 0.3) is 0 Å². The summed E-state index contributed by atoms with van der Waals surface area (Å²) in [4.78, 5) is 3.74. The average Bonchev–Trinajstić information content (AvgIpc) is 2.31. The Bertz CT molecular complexity index is 696. The molecule has 0 aliphatic heterocycles. The van der Waals surface area contributed by atoms with Gasteiger partial charge in [0.05, 0.1) is 16.3 Å². The van der Waals surface area contributed by atoms with Crippen LogP contribution in [0.15, 0.2) is 41.4 Å². The molecule has 0 fully saturated rings. The molecule has 1 heterocycles. The van der Waals surface area contributed by atoms with Crippen LogP contribution in [0.2, 0.25) is 0 Å². The van der Waals surface area contributed by atoms with Crippen molar-refractivity contribution >= 4 is 21.4 Å². The first-order valence-corrected chi connectivity index (χ1v) is 6.87. The minimum Gasteiger partial charge on any atom is -0.399 e. The van der Waals surface area contributed by atoms with E-state index < -0.39 is 15.8 Å². The number of hydrogen-bond donors (Lipinski definition) is 2. The number of sulfonamides is 1. The maximum atomic E-state index is 13.2. The zero-order valence-electron chi connectivity index (χ0n) is 10.1. The van der Waals surface area contributed by atoms with Crippen molar-refractivity contribution in [1.82, 2.24) is 4.98 Å². The van der Waals surface area contributed by atoms with Crippen LogP contribution in [0.4, 0.5) is 15.8 Å². The fourth-order valence-corrected chi connectivity index (χ4v) is 2.72. The Morgan fingerprint density at radius 2 is 2.05 bits per heavy atom. The second-order valence-electron chi connectivity index (χ2n) is 3.96. The number of pyridine rings is 1. The van der Waals surface area contributed by atoms with E-state index in [9.17, 15) is 12.8 Å². The molecule has 2 aromatic rings. The predicted octanol–water partition coefficient (Wildman–Crippen LogP) is 1.91. The molecule has 0 saturated heterocycles. The summed E-state index contributed by atoms with van der Waals surface area (Å²) in [5.74, 6) is -0.705. The molecule has 0 amide bonds. The number of hydrogen-bond acceptors (Lipinski definition) is 4. The molecule has 5 nitrogen and oxygen atoms in total. The predicted molar refractivity (Wildman–Crippen MR) is 70.6 cm³/mol. The molecule has 0 atom stereocenters. The number of nitrogen functional groups attached to an aromatic ring is 1. The van der Waals surface area contributed by atoms with E-state index in [2.05, 4.69) is 9.71 Å². The van der Waals surface area contributed by atoms with Crippen LogP contribution in [0.3, 0.4) is 0 Å². The van der Waals surface area contributed by atoms with Gasteiger partial charge >= 0.3 is 0 Å². The number of benzene rings is 1. The quantitative estimate of drug-likeness (QED) is 0.842. The molecule has 7 heteroatoms. The summed E-state index contributed by atoms with van der Waals surface area (Å²) in [7, 11) is -3.89. The van der Waals surface area contributed by atoms with E-state index in [-0.39, 0.29) is 10.6 Å². The smallest absolute Gasteiger partial charge is 0.262 e. The minimum atomic E-state index is -3.89. The first-order valence-electron chi connectivity index (χ1n) is 5.39. The Morgan fingerprint density at radius 3 is 2.68 bits per heavy atom. The zero-order chi connectivity index (χ0) is 14.0. The van der Waals surface area contributed by atoms with Crippen LogP contribution >= 0.6 is 0 Å². The molecular formula is C12H12FN3O2S. The number of aromatic nitrogens is 1. The Kier molecular flexibility index (Phi) is 3.39. The second kappa shape index (κ2) is 4.85. The summed E-state index contributed by atoms with van der Waals surface area (Å²) in [6, 6.07) is 6.32. The summed E-state index contributed by atoms with van der Waals surface area (Å²) in [5.41, 5.74) is 6.34. The van der Waals surface area contributed by atoms with E-state index in [1.165, 1.54) is 6.07 Å². The van der Waals surface area contributed by atoms with Crippen molar-refractivity contribution in [2.45, 2.75) is 11.8 Å². The topological polar surface area (TPSA) is 85.1 Å². The number of nitrogens with one attached hydrogen (secondary N) is 1. The SMILES string of the molecule is Cc1ncccc1NS(=O)(=O)c1cc(N)cc(F)c1. The van der Waals surface area contributed by atoms with Gasteiger partial charge in [-0.2, -0.15) is 0 Å². The van der Waals surface area contributed by atoms with Gasteiger partial charge in [0, 0.05) is 11.9 Å². The van der Waals surface area contributed by atoms with E-state index >= 15 is 0 Å². The van der Waals surface area contributed by atoms with Gasteiger partial charge in [-0.3, -0.25) is 9.71 Å². The third-order valence-electron chi connectivity index (χ3n) is 2.46. The van der Waals surface area contributed by atoms with Crippen molar-refractivity contribution in [2.75, 3.05) is 10.5 Å². The van der Waals surface area contributed by atoms with Gasteiger partial charge in [-0.15, -0.1) is 0 Å². The lowest BCUT2D eigenvalue weighted by Crippen LogP contribution is -2.14. The molecule has 1 aromatic carbocycles. The van der Waals surface area contributed by atoms with Crippen molar-refractivity contribution in [3.05, 3.63) is 48.0 Å². The van der Waals surface area contributed by atoms with Crippen molar-refractivity contribution in [2.24, 2.45) is 0 Å². The summed E-state index contributed by atoms with van der Waals surface area (Å²) in [6.45, 7) is 1.66. The number of nitrogens with zero attached hydrogens (tertiary/aromatic N) is 1. The third kappa shape index (κ3) is 3.00. The Morgan fingerprint density at radius 1 is 1.32 bits per heavy atom. The highest BCUT2D eigenvalue weighted by Gasteiger charge is 2.17. The molecule has 3 N–H and O–H groups in total. The van der Waals surface area contributed by atoms with E-state index in [1.807, 2.05) is 0 Å². The Balaban J connectivity index is 2.41. The van der Waals surface area contributed by atoms with Gasteiger partial charge in [-0.25, -0.2) is 12.8 Å². The fourth-order valence-electron chi connectivity index (χ4n) is 1.54. The van der Waals surface area contributed by atoms with Crippen molar-refractivity contribution in [1.29, 1.82) is 0 Å². The molecule has 0 saturated carbocycles. The number of halogens is 1. The number of anilines is 2. The van der Waals surface area contributed by atoms with Gasteiger partial charge < -0.3 is 5.73 Å². The van der Waals surface area contributed by atoms with Crippen LogP contribution < -0.4 is 10.5 Å². The number of nitrogens with two attached hydrogens (primary N) is 1. The largest absolute Gasteiger partial charge is 0.399 e. The first kappa shape index (κ1) is 13.3. The van der Waals surface area contributed by atoms with Gasteiger partial charge in [0.1, 0.15) is 5.82 Å². The maximum Gasteiger partial charge on any atom is 0.262 e. The van der Waals surface area contributed by atoms with Crippen molar-refractivity contribution in [3.8, 4) is 0 Å². The molecule has 1 aromatic heterocycles. The van der Waals surface area contributed by atoms with Crippen molar-refractivity contribution < 1.29 is 12.8 Å². The van der Waals surface area contributed by atoms with Gasteiger partial charge in [0.25, 0.3) is 10.0 Å². The zero-order valence-corrected chi connectivity index (χ0v) is 10.9. The lowest BCUT2D eigenvalue weighted by Gasteiger charge is -2.10.